The molecule has 5 nitrogen and oxygen atoms in total. The quantitative estimate of drug-likeness (QED) is 0.340. The van der Waals surface area contributed by atoms with Gasteiger partial charge >= 0.3 is 6.18 Å². The molecule has 1 amide bonds. The molecule has 19 heavy (non-hydrogen) atoms. The van der Waals surface area contributed by atoms with E-state index in [0.717, 1.165) is 12.1 Å². The third-order valence-electron chi connectivity index (χ3n) is 2.09. The maximum atomic E-state index is 12.8. The van der Waals surface area contributed by atoms with Gasteiger partial charge in [0.1, 0.15) is 0 Å². The minimum Gasteiger partial charge on any atom is -0.409 e. The molecule has 0 spiro atoms. The first-order chi connectivity index (χ1) is 8.75. The number of hydrogen-bond donors (Lipinski definition) is 3. The molecule has 1 aromatic carbocycles. The minimum absolute atomic E-state index is 0.202. The van der Waals surface area contributed by atoms with Crippen molar-refractivity contribution >= 4 is 27.7 Å². The Hall–Kier alpha value is -1.77. The Labute approximate surface area is 114 Å². The zero-order chi connectivity index (χ0) is 14.6. The molecule has 1 aromatic rings. The van der Waals surface area contributed by atoms with Crippen molar-refractivity contribution in [1.82, 2.24) is 5.32 Å². The van der Waals surface area contributed by atoms with Crippen LogP contribution in [0.25, 0.3) is 0 Å². The van der Waals surface area contributed by atoms with Gasteiger partial charge in [0, 0.05) is 4.47 Å². The molecule has 0 aromatic heterocycles. The van der Waals surface area contributed by atoms with Crippen molar-refractivity contribution in [2.24, 2.45) is 10.9 Å². The SMILES string of the molecule is N/C(CNC(=O)c1ccc(Br)cc1C(F)(F)F)=N/O. The van der Waals surface area contributed by atoms with Crippen LogP contribution in [0.2, 0.25) is 0 Å². The second-order valence-corrected chi connectivity index (χ2v) is 4.38. The van der Waals surface area contributed by atoms with E-state index in [4.69, 9.17) is 10.9 Å². The average molecular weight is 340 g/mol. The average Bonchev–Trinajstić information content (AvgIpc) is 2.34. The summed E-state index contributed by atoms with van der Waals surface area (Å²) in [5.74, 6) is -1.29. The summed E-state index contributed by atoms with van der Waals surface area (Å²) in [6.45, 7) is -0.358. The number of carbonyl (C=O) groups is 1. The maximum absolute atomic E-state index is 12.8. The molecule has 0 bridgehead atoms. The zero-order valence-corrected chi connectivity index (χ0v) is 10.9. The highest BCUT2D eigenvalue weighted by molar-refractivity contribution is 9.10. The van der Waals surface area contributed by atoms with Crippen molar-refractivity contribution in [2.45, 2.75) is 6.18 Å². The van der Waals surface area contributed by atoms with Gasteiger partial charge in [-0.25, -0.2) is 0 Å². The highest BCUT2D eigenvalue weighted by atomic mass is 79.9. The lowest BCUT2D eigenvalue weighted by molar-refractivity contribution is -0.138. The first-order valence-corrected chi connectivity index (χ1v) is 5.66. The topological polar surface area (TPSA) is 87.7 Å². The van der Waals surface area contributed by atoms with E-state index in [9.17, 15) is 18.0 Å². The van der Waals surface area contributed by atoms with Gasteiger partial charge in [0.2, 0.25) is 0 Å². The van der Waals surface area contributed by atoms with Crippen molar-refractivity contribution < 1.29 is 23.2 Å². The monoisotopic (exact) mass is 339 g/mol. The lowest BCUT2D eigenvalue weighted by atomic mass is 10.1. The summed E-state index contributed by atoms with van der Waals surface area (Å²) in [6, 6.07) is 3.15. The molecule has 0 radical (unpaired) electrons. The van der Waals surface area contributed by atoms with E-state index >= 15 is 0 Å². The van der Waals surface area contributed by atoms with E-state index < -0.39 is 23.2 Å². The second-order valence-electron chi connectivity index (χ2n) is 3.46. The van der Waals surface area contributed by atoms with Crippen LogP contribution in [0.5, 0.6) is 0 Å². The van der Waals surface area contributed by atoms with E-state index in [1.165, 1.54) is 6.07 Å². The number of nitrogens with two attached hydrogens (primary N) is 1. The molecular weight excluding hydrogens is 331 g/mol. The highest BCUT2D eigenvalue weighted by Gasteiger charge is 2.35. The van der Waals surface area contributed by atoms with Gasteiger partial charge in [-0.3, -0.25) is 4.79 Å². The van der Waals surface area contributed by atoms with E-state index in [0.29, 0.717) is 0 Å². The molecule has 4 N–H and O–H groups in total. The summed E-state index contributed by atoms with van der Waals surface area (Å²) in [7, 11) is 0. The number of hydrogen-bond acceptors (Lipinski definition) is 3. The van der Waals surface area contributed by atoms with Crippen molar-refractivity contribution in [1.29, 1.82) is 0 Å². The largest absolute Gasteiger partial charge is 0.417 e. The normalized spacial score (nSPS) is 12.3. The minimum atomic E-state index is -4.66. The third-order valence-corrected chi connectivity index (χ3v) is 2.58. The van der Waals surface area contributed by atoms with E-state index in [1.54, 1.807) is 0 Å². The van der Waals surface area contributed by atoms with Crippen molar-refractivity contribution in [3.63, 3.8) is 0 Å². The Balaban J connectivity index is 3.03. The van der Waals surface area contributed by atoms with Crippen molar-refractivity contribution in [3.05, 3.63) is 33.8 Å². The van der Waals surface area contributed by atoms with Gasteiger partial charge in [0.25, 0.3) is 5.91 Å². The number of carbonyl (C=O) groups excluding carboxylic acids is 1. The number of benzene rings is 1. The Bertz CT molecular complexity index is 517. The van der Waals surface area contributed by atoms with Crippen molar-refractivity contribution in [2.75, 3.05) is 6.54 Å². The summed E-state index contributed by atoms with van der Waals surface area (Å²) in [5, 5.41) is 13.0. The smallest absolute Gasteiger partial charge is 0.409 e. The van der Waals surface area contributed by atoms with Crippen LogP contribution in [0.4, 0.5) is 13.2 Å². The number of nitrogens with zero attached hydrogens (tertiary/aromatic N) is 1. The Morgan fingerprint density at radius 1 is 1.47 bits per heavy atom. The molecule has 0 saturated carbocycles. The van der Waals surface area contributed by atoms with Crippen LogP contribution in [-0.4, -0.2) is 23.5 Å². The molecule has 0 aliphatic heterocycles. The lowest BCUT2D eigenvalue weighted by Gasteiger charge is -2.13. The van der Waals surface area contributed by atoms with Crippen molar-refractivity contribution in [3.8, 4) is 0 Å². The van der Waals surface area contributed by atoms with Crippen LogP contribution < -0.4 is 11.1 Å². The van der Waals surface area contributed by atoms with Gasteiger partial charge in [-0.15, -0.1) is 0 Å². The fraction of sp³-hybridized carbons (Fsp3) is 0.200. The van der Waals surface area contributed by atoms with E-state index in [1.807, 2.05) is 0 Å². The maximum Gasteiger partial charge on any atom is 0.417 e. The number of amidine groups is 1. The van der Waals surface area contributed by atoms with E-state index in [-0.39, 0.29) is 16.9 Å². The number of amides is 1. The molecule has 9 heteroatoms. The molecule has 0 saturated heterocycles. The van der Waals surface area contributed by atoms with Crippen LogP contribution in [0, 0.1) is 0 Å². The van der Waals surface area contributed by atoms with Crippen LogP contribution in [0.1, 0.15) is 15.9 Å². The van der Waals surface area contributed by atoms with Gasteiger partial charge in [0.15, 0.2) is 5.84 Å². The first kappa shape index (κ1) is 15.3. The molecule has 0 unspecified atom stereocenters. The lowest BCUT2D eigenvalue weighted by Crippen LogP contribution is -2.34. The fourth-order valence-corrected chi connectivity index (χ4v) is 1.61. The Morgan fingerprint density at radius 2 is 2.11 bits per heavy atom. The molecule has 0 fully saturated rings. The van der Waals surface area contributed by atoms with Crippen LogP contribution >= 0.6 is 15.9 Å². The predicted octanol–water partition coefficient (Wildman–Crippen LogP) is 1.94. The van der Waals surface area contributed by atoms with Gasteiger partial charge in [-0.1, -0.05) is 21.1 Å². The molecule has 0 aliphatic carbocycles. The van der Waals surface area contributed by atoms with Gasteiger partial charge in [-0.05, 0) is 18.2 Å². The number of oxime groups is 1. The number of alkyl halides is 3. The van der Waals surface area contributed by atoms with Gasteiger partial charge < -0.3 is 16.3 Å². The van der Waals surface area contributed by atoms with Crippen LogP contribution in [0.3, 0.4) is 0 Å². The van der Waals surface area contributed by atoms with Gasteiger partial charge in [-0.2, -0.15) is 13.2 Å². The summed E-state index contributed by atoms with van der Waals surface area (Å²) < 4.78 is 38.5. The Morgan fingerprint density at radius 3 is 2.63 bits per heavy atom. The molecule has 0 heterocycles. The van der Waals surface area contributed by atoms with E-state index in [2.05, 4.69) is 26.4 Å². The molecule has 0 aliphatic rings. The highest BCUT2D eigenvalue weighted by Crippen LogP contribution is 2.33. The third kappa shape index (κ3) is 4.12. The molecule has 0 atom stereocenters. The predicted molar refractivity (Wildman–Crippen MR) is 64.9 cm³/mol. The summed E-state index contributed by atoms with van der Waals surface area (Å²) in [6.07, 6.45) is -4.66. The number of halogens is 4. The number of rotatable bonds is 3. The zero-order valence-electron chi connectivity index (χ0n) is 9.33. The first-order valence-electron chi connectivity index (χ1n) is 4.87. The molecular formula is C10H9BrF3N3O2. The standard InChI is InChI=1S/C10H9BrF3N3O2/c11-5-1-2-6(7(3-5)10(12,13)14)9(18)16-4-8(15)17-19/h1-3,19H,4H2,(H2,15,17)(H,16,18). The summed E-state index contributed by atoms with van der Waals surface area (Å²) in [5.41, 5.74) is 3.49. The van der Waals surface area contributed by atoms with Crippen LogP contribution in [-0.2, 0) is 6.18 Å². The second kappa shape index (κ2) is 5.91. The Kier molecular flexibility index (Phi) is 4.76. The van der Waals surface area contributed by atoms with Gasteiger partial charge in [0.05, 0.1) is 17.7 Å². The molecule has 1 rings (SSSR count). The van der Waals surface area contributed by atoms with Crippen LogP contribution in [0.15, 0.2) is 27.8 Å². The summed E-state index contributed by atoms with van der Waals surface area (Å²) in [4.78, 5) is 11.6. The molecule has 104 valence electrons. The fourth-order valence-electron chi connectivity index (χ4n) is 1.25. The number of nitrogens with one attached hydrogen (secondary N) is 1. The summed E-state index contributed by atoms with van der Waals surface area (Å²) >= 11 is 2.91.